The molecule has 2 rings (SSSR count). The van der Waals surface area contributed by atoms with Gasteiger partial charge in [0.25, 0.3) is 0 Å². The summed E-state index contributed by atoms with van der Waals surface area (Å²) in [5.41, 5.74) is 1.44. The maximum absolute atomic E-state index is 4.46. The van der Waals surface area contributed by atoms with E-state index in [1.54, 1.807) is 0 Å². The molecule has 16 heavy (non-hydrogen) atoms. The van der Waals surface area contributed by atoms with Gasteiger partial charge in [-0.2, -0.15) is 5.10 Å². The van der Waals surface area contributed by atoms with Gasteiger partial charge in [-0.15, -0.1) is 0 Å². The Bertz CT molecular complexity index is 309. The summed E-state index contributed by atoms with van der Waals surface area (Å²) >= 11 is 0. The van der Waals surface area contributed by atoms with E-state index >= 15 is 0 Å². The summed E-state index contributed by atoms with van der Waals surface area (Å²) in [5, 5.41) is 7.93. The Morgan fingerprint density at radius 1 is 1.44 bits per heavy atom. The molecule has 1 aliphatic heterocycles. The molecule has 0 aliphatic carbocycles. The summed E-state index contributed by atoms with van der Waals surface area (Å²) in [7, 11) is 0. The van der Waals surface area contributed by atoms with Crippen molar-refractivity contribution < 1.29 is 0 Å². The zero-order valence-electron chi connectivity index (χ0n) is 10.4. The number of nitrogens with zero attached hydrogens (tertiary/aromatic N) is 2. The van der Waals surface area contributed by atoms with E-state index in [1.807, 2.05) is 6.20 Å². The molecule has 1 aliphatic rings. The van der Waals surface area contributed by atoms with Gasteiger partial charge < -0.3 is 5.32 Å². The van der Waals surface area contributed by atoms with Gasteiger partial charge in [-0.3, -0.25) is 4.68 Å². The summed E-state index contributed by atoms with van der Waals surface area (Å²) in [6, 6.07) is 2.21. The molecule has 2 heterocycles. The zero-order valence-corrected chi connectivity index (χ0v) is 10.4. The normalized spacial score (nSPS) is 22.3. The topological polar surface area (TPSA) is 29.9 Å². The van der Waals surface area contributed by atoms with Gasteiger partial charge in [-0.1, -0.05) is 13.8 Å². The highest BCUT2D eigenvalue weighted by Gasteiger charge is 2.18. The Kier molecular flexibility index (Phi) is 3.99. The van der Waals surface area contributed by atoms with E-state index < -0.39 is 0 Å². The van der Waals surface area contributed by atoms with E-state index in [0.717, 1.165) is 13.1 Å². The molecular weight excluding hydrogens is 198 g/mol. The van der Waals surface area contributed by atoms with Crippen LogP contribution in [0.1, 0.15) is 44.7 Å². The van der Waals surface area contributed by atoms with Crippen LogP contribution in [-0.4, -0.2) is 22.9 Å². The molecule has 0 radical (unpaired) electrons. The predicted octanol–water partition coefficient (Wildman–Crippen LogP) is 2.40. The SMILES string of the molecule is CC(C)Cn1nccc1C1CCCNCC1. The summed E-state index contributed by atoms with van der Waals surface area (Å²) in [4.78, 5) is 0. The van der Waals surface area contributed by atoms with Crippen LogP contribution in [0.5, 0.6) is 0 Å². The van der Waals surface area contributed by atoms with E-state index in [0.29, 0.717) is 11.8 Å². The van der Waals surface area contributed by atoms with E-state index in [-0.39, 0.29) is 0 Å². The second-order valence-electron chi connectivity index (χ2n) is 5.21. The molecule has 3 nitrogen and oxygen atoms in total. The lowest BCUT2D eigenvalue weighted by Crippen LogP contribution is -2.15. The van der Waals surface area contributed by atoms with Crippen molar-refractivity contribution in [1.29, 1.82) is 0 Å². The van der Waals surface area contributed by atoms with Crippen LogP contribution in [-0.2, 0) is 6.54 Å². The average molecular weight is 221 g/mol. The molecule has 1 atom stereocenters. The van der Waals surface area contributed by atoms with Gasteiger partial charge in [-0.05, 0) is 44.3 Å². The van der Waals surface area contributed by atoms with E-state index in [9.17, 15) is 0 Å². The summed E-state index contributed by atoms with van der Waals surface area (Å²) < 4.78 is 2.21. The Hall–Kier alpha value is -0.830. The first-order chi connectivity index (χ1) is 7.77. The molecule has 90 valence electrons. The van der Waals surface area contributed by atoms with Crippen molar-refractivity contribution in [2.24, 2.45) is 5.92 Å². The van der Waals surface area contributed by atoms with Crippen LogP contribution in [0.2, 0.25) is 0 Å². The molecule has 1 aromatic rings. The number of aromatic nitrogens is 2. The van der Waals surface area contributed by atoms with Gasteiger partial charge in [0.15, 0.2) is 0 Å². The third kappa shape index (κ3) is 2.85. The quantitative estimate of drug-likeness (QED) is 0.849. The lowest BCUT2D eigenvalue weighted by Gasteiger charge is -2.17. The molecular formula is C13H23N3. The maximum Gasteiger partial charge on any atom is 0.0492 e. The molecule has 1 saturated heterocycles. The second kappa shape index (κ2) is 5.48. The molecule has 0 saturated carbocycles. The number of rotatable bonds is 3. The lowest BCUT2D eigenvalue weighted by atomic mass is 9.96. The highest BCUT2D eigenvalue weighted by Crippen LogP contribution is 2.26. The van der Waals surface area contributed by atoms with Gasteiger partial charge in [0.1, 0.15) is 0 Å². The minimum Gasteiger partial charge on any atom is -0.317 e. The number of hydrogen-bond donors (Lipinski definition) is 1. The third-order valence-electron chi connectivity index (χ3n) is 3.28. The van der Waals surface area contributed by atoms with Crippen LogP contribution in [0.3, 0.4) is 0 Å². The van der Waals surface area contributed by atoms with Crippen LogP contribution in [0.15, 0.2) is 12.3 Å². The Labute approximate surface area is 98.2 Å². The molecule has 3 heteroatoms. The van der Waals surface area contributed by atoms with Crippen LogP contribution in [0, 0.1) is 5.92 Å². The fourth-order valence-electron chi connectivity index (χ4n) is 2.50. The summed E-state index contributed by atoms with van der Waals surface area (Å²) in [6.07, 6.45) is 5.80. The van der Waals surface area contributed by atoms with E-state index in [4.69, 9.17) is 0 Å². The Morgan fingerprint density at radius 2 is 2.31 bits per heavy atom. The second-order valence-corrected chi connectivity index (χ2v) is 5.21. The standard InChI is InChI=1S/C13H23N3/c1-11(2)10-16-13(6-9-15-16)12-4-3-7-14-8-5-12/h6,9,11-12,14H,3-5,7-8,10H2,1-2H3. The minimum absolute atomic E-state index is 0.669. The van der Waals surface area contributed by atoms with Crippen molar-refractivity contribution >= 4 is 0 Å². The largest absolute Gasteiger partial charge is 0.317 e. The molecule has 0 aromatic carbocycles. The van der Waals surface area contributed by atoms with Gasteiger partial charge in [0.2, 0.25) is 0 Å². The lowest BCUT2D eigenvalue weighted by molar-refractivity contribution is 0.444. The van der Waals surface area contributed by atoms with Crippen molar-refractivity contribution in [2.45, 2.75) is 45.6 Å². The van der Waals surface area contributed by atoms with Crippen LogP contribution >= 0.6 is 0 Å². The van der Waals surface area contributed by atoms with Crippen molar-refractivity contribution in [1.82, 2.24) is 15.1 Å². The van der Waals surface area contributed by atoms with Crippen molar-refractivity contribution in [3.8, 4) is 0 Å². The van der Waals surface area contributed by atoms with Crippen LogP contribution < -0.4 is 5.32 Å². The van der Waals surface area contributed by atoms with Gasteiger partial charge in [0, 0.05) is 24.4 Å². The third-order valence-corrected chi connectivity index (χ3v) is 3.28. The highest BCUT2D eigenvalue weighted by molar-refractivity contribution is 5.08. The van der Waals surface area contributed by atoms with Gasteiger partial charge in [-0.25, -0.2) is 0 Å². The smallest absolute Gasteiger partial charge is 0.0492 e. The molecule has 1 fully saturated rings. The molecule has 0 bridgehead atoms. The first-order valence-corrected chi connectivity index (χ1v) is 6.50. The Balaban J connectivity index is 2.09. The van der Waals surface area contributed by atoms with E-state index in [1.165, 1.54) is 31.5 Å². The number of hydrogen-bond acceptors (Lipinski definition) is 2. The zero-order chi connectivity index (χ0) is 11.4. The predicted molar refractivity (Wildman–Crippen MR) is 66.5 cm³/mol. The van der Waals surface area contributed by atoms with E-state index in [2.05, 4.69) is 35.0 Å². The maximum atomic E-state index is 4.46. The van der Waals surface area contributed by atoms with Crippen LogP contribution in [0.25, 0.3) is 0 Å². The average Bonchev–Trinajstić information content (AvgIpc) is 2.53. The number of nitrogens with one attached hydrogen (secondary N) is 1. The Morgan fingerprint density at radius 3 is 3.12 bits per heavy atom. The fraction of sp³-hybridized carbons (Fsp3) is 0.769. The summed E-state index contributed by atoms with van der Waals surface area (Å²) in [5.74, 6) is 1.37. The first kappa shape index (κ1) is 11.6. The van der Waals surface area contributed by atoms with Crippen molar-refractivity contribution in [3.63, 3.8) is 0 Å². The fourth-order valence-corrected chi connectivity index (χ4v) is 2.50. The van der Waals surface area contributed by atoms with Crippen molar-refractivity contribution in [2.75, 3.05) is 13.1 Å². The summed E-state index contributed by atoms with van der Waals surface area (Å²) in [6.45, 7) is 7.87. The van der Waals surface area contributed by atoms with Gasteiger partial charge >= 0.3 is 0 Å². The molecule has 1 unspecified atom stereocenters. The molecule has 1 aromatic heterocycles. The van der Waals surface area contributed by atoms with Gasteiger partial charge in [0.05, 0.1) is 0 Å². The van der Waals surface area contributed by atoms with Crippen molar-refractivity contribution in [3.05, 3.63) is 18.0 Å². The minimum atomic E-state index is 0.669. The molecule has 0 amide bonds. The monoisotopic (exact) mass is 221 g/mol. The first-order valence-electron chi connectivity index (χ1n) is 6.50. The molecule has 0 spiro atoms. The highest BCUT2D eigenvalue weighted by atomic mass is 15.3. The molecule has 1 N–H and O–H groups in total. The van der Waals surface area contributed by atoms with Crippen LogP contribution in [0.4, 0.5) is 0 Å².